The standard InChI is InChI=1S/C6H6.C5H5N.H2S/c2*1-2-4-6-5-3-1;/h1-6H;1-5H;1H2. The maximum atomic E-state index is 3.78. The van der Waals surface area contributed by atoms with Crippen LogP contribution in [0.15, 0.2) is 67.0 Å². The first kappa shape index (κ1) is 11.7. The highest BCUT2D eigenvalue weighted by Crippen LogP contribution is 1.79. The Bertz CT molecular complexity index is 185. The largest absolute Gasteiger partial charge is 0.265 e. The van der Waals surface area contributed by atoms with Gasteiger partial charge in [-0.2, -0.15) is 13.5 Å². The molecule has 0 atom stereocenters. The lowest BCUT2D eigenvalue weighted by molar-refractivity contribution is 1.33. The van der Waals surface area contributed by atoms with Gasteiger partial charge < -0.3 is 0 Å². The zero-order valence-electron chi connectivity index (χ0n) is 7.30. The number of aromatic nitrogens is 1. The maximum Gasteiger partial charge on any atom is 0.0267 e. The molecule has 0 aliphatic carbocycles. The number of pyridine rings is 1. The van der Waals surface area contributed by atoms with Crippen molar-refractivity contribution in [3.05, 3.63) is 67.0 Å². The van der Waals surface area contributed by atoms with Crippen LogP contribution in [0.4, 0.5) is 0 Å². The molecule has 1 heterocycles. The van der Waals surface area contributed by atoms with Crippen LogP contribution in [-0.4, -0.2) is 4.98 Å². The Kier molecular flexibility index (Phi) is 7.95. The van der Waals surface area contributed by atoms with Crippen LogP contribution in [0.1, 0.15) is 0 Å². The third-order valence-electron chi connectivity index (χ3n) is 1.23. The predicted molar refractivity (Wildman–Crippen MR) is 61.1 cm³/mol. The molecule has 0 bridgehead atoms. The molecule has 0 fully saturated rings. The van der Waals surface area contributed by atoms with E-state index in [1.807, 2.05) is 54.6 Å². The molecule has 0 saturated heterocycles. The first-order valence-corrected chi connectivity index (χ1v) is 3.85. The fraction of sp³-hybridized carbons (Fsp3) is 0. The predicted octanol–water partition coefficient (Wildman–Crippen LogP) is 2.88. The summed E-state index contributed by atoms with van der Waals surface area (Å²) in [5.41, 5.74) is 0. The minimum Gasteiger partial charge on any atom is -0.265 e. The molecule has 1 aromatic heterocycles. The minimum atomic E-state index is 0. The lowest BCUT2D eigenvalue weighted by atomic mass is 10.4. The molecule has 68 valence electrons. The second kappa shape index (κ2) is 8.81. The van der Waals surface area contributed by atoms with E-state index in [4.69, 9.17) is 0 Å². The normalized spacial score (nSPS) is 7.38. The van der Waals surface area contributed by atoms with Crippen LogP contribution in [0.5, 0.6) is 0 Å². The smallest absolute Gasteiger partial charge is 0.0267 e. The average Bonchev–Trinajstić information content (AvgIpc) is 2.24. The Labute approximate surface area is 85.9 Å². The Morgan fingerprint density at radius 1 is 0.462 bits per heavy atom. The fourth-order valence-corrected chi connectivity index (χ4v) is 0.698. The van der Waals surface area contributed by atoms with Gasteiger partial charge in [-0.3, -0.25) is 4.98 Å². The van der Waals surface area contributed by atoms with Gasteiger partial charge in [0.05, 0.1) is 0 Å². The number of nitrogens with zero attached hydrogens (tertiary/aromatic N) is 1. The third kappa shape index (κ3) is 7.09. The highest BCUT2D eigenvalue weighted by atomic mass is 32.1. The molecule has 1 nitrogen and oxygen atoms in total. The first-order chi connectivity index (χ1) is 6.00. The molecule has 2 aromatic rings. The molecule has 0 radical (unpaired) electrons. The zero-order valence-corrected chi connectivity index (χ0v) is 8.30. The van der Waals surface area contributed by atoms with E-state index in [0.717, 1.165) is 0 Å². The Hall–Kier alpha value is -1.28. The van der Waals surface area contributed by atoms with Gasteiger partial charge >= 0.3 is 0 Å². The van der Waals surface area contributed by atoms with Gasteiger partial charge in [0.25, 0.3) is 0 Å². The quantitative estimate of drug-likeness (QED) is 0.624. The van der Waals surface area contributed by atoms with Gasteiger partial charge in [-0.25, -0.2) is 0 Å². The summed E-state index contributed by atoms with van der Waals surface area (Å²) in [6.07, 6.45) is 3.50. The molecule has 13 heavy (non-hydrogen) atoms. The molecule has 2 rings (SSSR count). The lowest BCUT2D eigenvalue weighted by Gasteiger charge is -1.70. The van der Waals surface area contributed by atoms with Gasteiger partial charge in [-0.1, -0.05) is 42.5 Å². The van der Waals surface area contributed by atoms with Crippen LogP contribution in [-0.2, 0) is 0 Å². The van der Waals surface area contributed by atoms with Gasteiger partial charge in [0.15, 0.2) is 0 Å². The van der Waals surface area contributed by atoms with E-state index in [2.05, 4.69) is 4.98 Å². The van der Waals surface area contributed by atoms with Gasteiger partial charge in [-0.15, -0.1) is 0 Å². The van der Waals surface area contributed by atoms with Crippen molar-refractivity contribution in [1.82, 2.24) is 4.98 Å². The highest BCUT2D eigenvalue weighted by Gasteiger charge is 1.58. The molecule has 0 N–H and O–H groups in total. The van der Waals surface area contributed by atoms with Crippen molar-refractivity contribution in [2.24, 2.45) is 0 Å². The number of benzene rings is 1. The maximum absolute atomic E-state index is 3.78. The van der Waals surface area contributed by atoms with Crippen molar-refractivity contribution in [1.29, 1.82) is 0 Å². The zero-order chi connectivity index (χ0) is 8.49. The second-order valence-corrected chi connectivity index (χ2v) is 2.18. The molecular formula is C11H13NS. The summed E-state index contributed by atoms with van der Waals surface area (Å²) in [6, 6.07) is 17.7. The molecular weight excluding hydrogens is 178 g/mol. The van der Waals surface area contributed by atoms with E-state index in [1.165, 1.54) is 0 Å². The minimum absolute atomic E-state index is 0. The van der Waals surface area contributed by atoms with Crippen LogP contribution in [0.3, 0.4) is 0 Å². The topological polar surface area (TPSA) is 12.9 Å². The van der Waals surface area contributed by atoms with E-state index in [-0.39, 0.29) is 13.5 Å². The number of hydrogen-bond donors (Lipinski definition) is 0. The van der Waals surface area contributed by atoms with Crippen molar-refractivity contribution in [2.75, 3.05) is 0 Å². The second-order valence-electron chi connectivity index (χ2n) is 2.18. The SMILES string of the molecule is S.c1ccccc1.c1ccncc1. The van der Waals surface area contributed by atoms with Crippen LogP contribution in [0.2, 0.25) is 0 Å². The third-order valence-corrected chi connectivity index (χ3v) is 1.23. The van der Waals surface area contributed by atoms with Crippen molar-refractivity contribution >= 4 is 13.5 Å². The van der Waals surface area contributed by atoms with Gasteiger partial charge in [0.2, 0.25) is 0 Å². The molecule has 2 heteroatoms. The lowest BCUT2D eigenvalue weighted by Crippen LogP contribution is -1.58. The first-order valence-electron chi connectivity index (χ1n) is 3.85. The van der Waals surface area contributed by atoms with E-state index in [0.29, 0.717) is 0 Å². The molecule has 0 aliphatic heterocycles. The fourth-order valence-electron chi connectivity index (χ4n) is 0.698. The summed E-state index contributed by atoms with van der Waals surface area (Å²) in [5, 5.41) is 0. The van der Waals surface area contributed by atoms with Crippen molar-refractivity contribution in [3.8, 4) is 0 Å². The van der Waals surface area contributed by atoms with Crippen LogP contribution in [0.25, 0.3) is 0 Å². The van der Waals surface area contributed by atoms with Gasteiger partial charge in [0, 0.05) is 12.4 Å². The number of rotatable bonds is 0. The Morgan fingerprint density at radius 2 is 0.769 bits per heavy atom. The Morgan fingerprint density at radius 3 is 0.923 bits per heavy atom. The van der Waals surface area contributed by atoms with Crippen molar-refractivity contribution in [3.63, 3.8) is 0 Å². The van der Waals surface area contributed by atoms with E-state index >= 15 is 0 Å². The summed E-state index contributed by atoms with van der Waals surface area (Å²) in [5.74, 6) is 0. The van der Waals surface area contributed by atoms with E-state index < -0.39 is 0 Å². The van der Waals surface area contributed by atoms with Crippen molar-refractivity contribution in [2.45, 2.75) is 0 Å². The van der Waals surface area contributed by atoms with Crippen LogP contribution < -0.4 is 0 Å². The molecule has 0 spiro atoms. The Balaban J connectivity index is 0.000000206. The van der Waals surface area contributed by atoms with Crippen LogP contribution >= 0.6 is 13.5 Å². The summed E-state index contributed by atoms with van der Waals surface area (Å²) < 4.78 is 0. The number of hydrogen-bond acceptors (Lipinski definition) is 1. The molecule has 1 aromatic carbocycles. The summed E-state index contributed by atoms with van der Waals surface area (Å²) in [6.45, 7) is 0. The van der Waals surface area contributed by atoms with E-state index in [1.54, 1.807) is 12.4 Å². The average molecular weight is 191 g/mol. The van der Waals surface area contributed by atoms with Crippen LogP contribution in [0, 0.1) is 0 Å². The molecule has 0 saturated carbocycles. The summed E-state index contributed by atoms with van der Waals surface area (Å²) in [7, 11) is 0. The van der Waals surface area contributed by atoms with Crippen molar-refractivity contribution < 1.29 is 0 Å². The monoisotopic (exact) mass is 191 g/mol. The van der Waals surface area contributed by atoms with Gasteiger partial charge in [0.1, 0.15) is 0 Å². The van der Waals surface area contributed by atoms with Gasteiger partial charge in [-0.05, 0) is 12.1 Å². The molecule has 0 aliphatic rings. The summed E-state index contributed by atoms with van der Waals surface area (Å²) >= 11 is 0. The highest BCUT2D eigenvalue weighted by molar-refractivity contribution is 7.59. The molecule has 0 unspecified atom stereocenters. The van der Waals surface area contributed by atoms with E-state index in [9.17, 15) is 0 Å². The summed E-state index contributed by atoms with van der Waals surface area (Å²) in [4.78, 5) is 3.78. The molecule has 0 amide bonds.